The molecule has 5 nitrogen and oxygen atoms in total. The number of aryl methyl sites for hydroxylation is 2. The Bertz CT molecular complexity index is 824. The molecular weight excluding hydrogens is 360 g/mol. The van der Waals surface area contributed by atoms with Crippen LogP contribution in [-0.2, 0) is 24.1 Å². The largest absolute Gasteiger partial charge is 0.381 e. The van der Waals surface area contributed by atoms with Gasteiger partial charge in [-0.25, -0.2) is 0 Å². The minimum absolute atomic E-state index is 0.263. The predicted molar refractivity (Wildman–Crippen MR) is 117 cm³/mol. The van der Waals surface area contributed by atoms with E-state index in [2.05, 4.69) is 53.6 Å². The minimum atomic E-state index is 0.263. The van der Waals surface area contributed by atoms with E-state index < -0.39 is 0 Å². The van der Waals surface area contributed by atoms with Crippen molar-refractivity contribution in [3.05, 3.63) is 46.8 Å². The summed E-state index contributed by atoms with van der Waals surface area (Å²) in [6.45, 7) is 6.10. The fraction of sp³-hybridized carbons (Fsp3) is 0.583. The van der Waals surface area contributed by atoms with E-state index in [0.717, 1.165) is 56.6 Å². The molecule has 4 rings (SSSR count). The number of carbonyl (C=O) groups is 1. The first-order valence-electron chi connectivity index (χ1n) is 11.3. The smallest absolute Gasteiger partial charge is 0.223 e. The number of rotatable bonds is 6. The molecule has 0 spiro atoms. The number of hydrogen-bond donors (Lipinski definition) is 2. The number of hydrogen-bond acceptors (Lipinski definition) is 3. The molecule has 1 aliphatic heterocycles. The van der Waals surface area contributed by atoms with E-state index in [4.69, 9.17) is 0 Å². The Morgan fingerprint density at radius 1 is 1.21 bits per heavy atom. The van der Waals surface area contributed by atoms with Crippen molar-refractivity contribution in [2.75, 3.05) is 18.4 Å². The first-order valence-corrected chi connectivity index (χ1v) is 11.3. The molecule has 2 aliphatic rings. The van der Waals surface area contributed by atoms with Gasteiger partial charge in [0.2, 0.25) is 5.91 Å². The van der Waals surface area contributed by atoms with Gasteiger partial charge in [-0.15, -0.1) is 0 Å². The van der Waals surface area contributed by atoms with E-state index >= 15 is 0 Å². The van der Waals surface area contributed by atoms with Crippen LogP contribution in [0.1, 0.15) is 74.4 Å². The fourth-order valence-corrected chi connectivity index (χ4v) is 4.66. The number of likely N-dealkylation sites (tertiary alicyclic amines) is 1. The number of H-pyrrole nitrogens is 1. The van der Waals surface area contributed by atoms with Gasteiger partial charge >= 0.3 is 0 Å². The monoisotopic (exact) mass is 394 g/mol. The van der Waals surface area contributed by atoms with Gasteiger partial charge in [0.05, 0.1) is 5.69 Å². The molecule has 2 N–H and O–H groups in total. The van der Waals surface area contributed by atoms with E-state index in [0.29, 0.717) is 18.4 Å². The number of aromatic amines is 1. The van der Waals surface area contributed by atoms with Gasteiger partial charge in [-0.2, -0.15) is 5.10 Å². The third-order valence-corrected chi connectivity index (χ3v) is 6.44. The van der Waals surface area contributed by atoms with Crippen molar-refractivity contribution in [2.24, 2.45) is 0 Å². The fourth-order valence-electron chi connectivity index (χ4n) is 4.66. The van der Waals surface area contributed by atoms with Gasteiger partial charge in [0, 0.05) is 43.4 Å². The average Bonchev–Trinajstić information content (AvgIpc) is 3.16. The SMILES string of the molecule is CC(C)c1ccc(NC2CCCN(C(=O)CCc3n[nH]c4c3CCCC4)C2)cc1. The quantitative estimate of drug-likeness (QED) is 0.761. The Hall–Kier alpha value is -2.30. The summed E-state index contributed by atoms with van der Waals surface area (Å²) in [6.07, 6.45) is 8.20. The van der Waals surface area contributed by atoms with Gasteiger partial charge in [-0.05, 0) is 67.7 Å². The molecule has 5 heteroatoms. The summed E-state index contributed by atoms with van der Waals surface area (Å²) in [5, 5.41) is 11.3. The molecule has 0 saturated carbocycles. The molecule has 1 aromatic heterocycles. The van der Waals surface area contributed by atoms with Crippen molar-refractivity contribution in [1.82, 2.24) is 15.1 Å². The zero-order chi connectivity index (χ0) is 20.2. The van der Waals surface area contributed by atoms with Crippen molar-refractivity contribution in [3.8, 4) is 0 Å². The highest BCUT2D eigenvalue weighted by molar-refractivity contribution is 5.76. The number of aromatic nitrogens is 2. The maximum Gasteiger partial charge on any atom is 0.223 e. The second-order valence-electron chi connectivity index (χ2n) is 8.93. The lowest BCUT2D eigenvalue weighted by Gasteiger charge is -2.34. The molecular formula is C24H34N4O. The first kappa shape index (κ1) is 20.0. The highest BCUT2D eigenvalue weighted by Gasteiger charge is 2.24. The molecule has 1 aromatic carbocycles. The molecule has 1 atom stereocenters. The number of piperidine rings is 1. The standard InChI is InChI=1S/C24H34N4O/c1-17(2)18-9-11-19(12-10-18)25-20-6-5-15-28(16-20)24(29)14-13-23-21-7-3-4-8-22(21)26-27-23/h9-12,17,20,25H,3-8,13-16H2,1-2H3,(H,26,27). The van der Waals surface area contributed by atoms with E-state index in [1.165, 1.54) is 29.7 Å². The lowest BCUT2D eigenvalue weighted by molar-refractivity contribution is -0.132. The number of anilines is 1. The summed E-state index contributed by atoms with van der Waals surface area (Å²) < 4.78 is 0. The molecule has 2 heterocycles. The summed E-state index contributed by atoms with van der Waals surface area (Å²) >= 11 is 0. The number of benzene rings is 1. The maximum atomic E-state index is 12.8. The zero-order valence-corrected chi connectivity index (χ0v) is 17.8. The molecule has 1 unspecified atom stereocenters. The van der Waals surface area contributed by atoms with Crippen molar-refractivity contribution in [3.63, 3.8) is 0 Å². The lowest BCUT2D eigenvalue weighted by atomic mass is 9.94. The summed E-state index contributed by atoms with van der Waals surface area (Å²) in [4.78, 5) is 14.9. The number of nitrogens with zero attached hydrogens (tertiary/aromatic N) is 2. The van der Waals surface area contributed by atoms with E-state index in [1.807, 2.05) is 4.90 Å². The molecule has 1 saturated heterocycles. The van der Waals surface area contributed by atoms with Crippen LogP contribution >= 0.6 is 0 Å². The van der Waals surface area contributed by atoms with E-state index in [1.54, 1.807) is 0 Å². The van der Waals surface area contributed by atoms with Crippen LogP contribution in [0.2, 0.25) is 0 Å². The average molecular weight is 395 g/mol. The Morgan fingerprint density at radius 2 is 2.00 bits per heavy atom. The summed E-state index contributed by atoms with van der Waals surface area (Å²) in [5.74, 6) is 0.811. The summed E-state index contributed by atoms with van der Waals surface area (Å²) in [5.41, 5.74) is 6.30. The number of fused-ring (bicyclic) bond motifs is 1. The van der Waals surface area contributed by atoms with Crippen molar-refractivity contribution in [2.45, 2.75) is 77.2 Å². The Balaban J connectivity index is 1.29. The van der Waals surface area contributed by atoms with Gasteiger partial charge in [0.1, 0.15) is 0 Å². The zero-order valence-electron chi connectivity index (χ0n) is 17.8. The molecule has 2 aromatic rings. The van der Waals surface area contributed by atoms with Crippen LogP contribution in [0, 0.1) is 0 Å². The third kappa shape index (κ3) is 4.82. The van der Waals surface area contributed by atoms with Crippen LogP contribution in [0.4, 0.5) is 5.69 Å². The van der Waals surface area contributed by atoms with Crippen LogP contribution in [0.5, 0.6) is 0 Å². The number of nitrogens with one attached hydrogen (secondary N) is 2. The predicted octanol–water partition coefficient (Wildman–Crippen LogP) is 4.45. The van der Waals surface area contributed by atoms with Gasteiger partial charge in [-0.3, -0.25) is 9.89 Å². The van der Waals surface area contributed by atoms with Crippen molar-refractivity contribution in [1.29, 1.82) is 0 Å². The normalized spacial score (nSPS) is 19.3. The Labute approximate surface area is 174 Å². The molecule has 156 valence electrons. The Morgan fingerprint density at radius 3 is 2.79 bits per heavy atom. The topological polar surface area (TPSA) is 61.0 Å². The maximum absolute atomic E-state index is 12.8. The van der Waals surface area contributed by atoms with Gasteiger partial charge in [0.15, 0.2) is 0 Å². The van der Waals surface area contributed by atoms with E-state index in [-0.39, 0.29) is 5.91 Å². The second kappa shape index (κ2) is 9.02. The molecule has 0 radical (unpaired) electrons. The highest BCUT2D eigenvalue weighted by Crippen LogP contribution is 2.24. The second-order valence-corrected chi connectivity index (χ2v) is 8.93. The van der Waals surface area contributed by atoms with E-state index in [9.17, 15) is 4.79 Å². The molecule has 1 fully saturated rings. The van der Waals surface area contributed by atoms with Crippen LogP contribution in [-0.4, -0.2) is 40.1 Å². The van der Waals surface area contributed by atoms with Gasteiger partial charge in [-0.1, -0.05) is 26.0 Å². The molecule has 1 amide bonds. The van der Waals surface area contributed by atoms with Gasteiger partial charge < -0.3 is 10.2 Å². The van der Waals surface area contributed by atoms with Crippen LogP contribution < -0.4 is 5.32 Å². The van der Waals surface area contributed by atoms with Crippen LogP contribution in [0.15, 0.2) is 24.3 Å². The Kier molecular flexibility index (Phi) is 6.22. The van der Waals surface area contributed by atoms with Gasteiger partial charge in [0.25, 0.3) is 0 Å². The lowest BCUT2D eigenvalue weighted by Crippen LogP contribution is -2.45. The molecule has 29 heavy (non-hydrogen) atoms. The van der Waals surface area contributed by atoms with Crippen molar-refractivity contribution < 1.29 is 4.79 Å². The molecule has 1 aliphatic carbocycles. The van der Waals surface area contributed by atoms with Crippen LogP contribution in [0.25, 0.3) is 0 Å². The highest BCUT2D eigenvalue weighted by atomic mass is 16.2. The molecule has 0 bridgehead atoms. The minimum Gasteiger partial charge on any atom is -0.381 e. The van der Waals surface area contributed by atoms with Crippen LogP contribution in [0.3, 0.4) is 0 Å². The third-order valence-electron chi connectivity index (χ3n) is 6.44. The first-order chi connectivity index (χ1) is 14.1. The number of amides is 1. The summed E-state index contributed by atoms with van der Waals surface area (Å²) in [7, 11) is 0. The van der Waals surface area contributed by atoms with Crippen molar-refractivity contribution >= 4 is 11.6 Å². The summed E-state index contributed by atoms with van der Waals surface area (Å²) in [6, 6.07) is 9.05. The number of carbonyl (C=O) groups excluding carboxylic acids is 1.